The summed E-state index contributed by atoms with van der Waals surface area (Å²) in [5, 5.41) is 0. The first-order valence-corrected chi connectivity index (χ1v) is 14.0. The van der Waals surface area contributed by atoms with Gasteiger partial charge in [-0.1, -0.05) is 109 Å². The van der Waals surface area contributed by atoms with Crippen molar-refractivity contribution in [2.45, 2.75) is 110 Å². The van der Waals surface area contributed by atoms with Crippen molar-refractivity contribution in [2.75, 3.05) is 6.61 Å². The summed E-state index contributed by atoms with van der Waals surface area (Å²) in [6.07, 6.45) is 22.4. The summed E-state index contributed by atoms with van der Waals surface area (Å²) in [7, 11) is 0. The van der Waals surface area contributed by atoms with E-state index in [2.05, 4.69) is 49.2 Å². The number of hydrogen-bond acceptors (Lipinski definition) is 2. The zero-order chi connectivity index (χ0) is 23.1. The van der Waals surface area contributed by atoms with Crippen LogP contribution in [0.4, 0.5) is 0 Å². The molecule has 2 unspecified atom stereocenters. The monoisotopic (exact) mass is 449 g/mol. The van der Waals surface area contributed by atoms with E-state index in [1.54, 1.807) is 0 Å². The number of rotatable bonds is 15. The van der Waals surface area contributed by atoms with Crippen LogP contribution in [-0.2, 0) is 6.42 Å². The van der Waals surface area contributed by atoms with Gasteiger partial charge in [0.2, 0.25) is 0 Å². The largest absolute Gasteiger partial charge is 0.492 e. The summed E-state index contributed by atoms with van der Waals surface area (Å²) in [5.41, 5.74) is 3.69. The standard InChI is InChI=1S/C31H47NO/c1-3-5-7-8-9-12-27-13-11-14-28(24-27)16-15-26-17-19-29(20-18-26)31-22-21-30(25-32-31)33-23-10-6-4-2/h17-22,25,27-28H,3-16,23-24H2,1-2H3. The Balaban J connectivity index is 1.39. The second kappa shape index (κ2) is 15.1. The van der Waals surface area contributed by atoms with Gasteiger partial charge in [0.1, 0.15) is 5.75 Å². The van der Waals surface area contributed by atoms with Crippen LogP contribution in [0.5, 0.6) is 5.75 Å². The Morgan fingerprint density at radius 2 is 1.52 bits per heavy atom. The molecule has 0 aliphatic heterocycles. The minimum Gasteiger partial charge on any atom is -0.492 e. The number of unbranched alkanes of at least 4 members (excludes halogenated alkanes) is 6. The Hall–Kier alpha value is -1.83. The van der Waals surface area contributed by atoms with E-state index in [-0.39, 0.29) is 0 Å². The molecule has 182 valence electrons. The van der Waals surface area contributed by atoms with Crippen LogP contribution < -0.4 is 4.74 Å². The maximum Gasteiger partial charge on any atom is 0.137 e. The molecule has 1 aliphatic rings. The molecular formula is C31H47NO. The molecule has 0 amide bonds. The van der Waals surface area contributed by atoms with Gasteiger partial charge in [-0.2, -0.15) is 0 Å². The predicted octanol–water partition coefficient (Wildman–Crippen LogP) is 9.42. The summed E-state index contributed by atoms with van der Waals surface area (Å²) in [6, 6.07) is 13.2. The van der Waals surface area contributed by atoms with Crippen LogP contribution in [0, 0.1) is 11.8 Å². The van der Waals surface area contributed by atoms with E-state index >= 15 is 0 Å². The first kappa shape index (κ1) is 25.8. The minimum absolute atomic E-state index is 0.782. The Morgan fingerprint density at radius 3 is 2.24 bits per heavy atom. The molecule has 33 heavy (non-hydrogen) atoms. The van der Waals surface area contributed by atoms with Crippen molar-refractivity contribution in [1.82, 2.24) is 4.98 Å². The fourth-order valence-corrected chi connectivity index (χ4v) is 5.35. The van der Waals surface area contributed by atoms with Gasteiger partial charge >= 0.3 is 0 Å². The SMILES string of the molecule is CCCCCCCC1CCCC(CCc2ccc(-c3ccc(OCCCCC)cn3)cc2)C1. The summed E-state index contributed by atoms with van der Waals surface area (Å²) in [6.45, 7) is 5.30. The molecule has 2 heteroatoms. The zero-order valence-electron chi connectivity index (χ0n) is 21.4. The summed E-state index contributed by atoms with van der Waals surface area (Å²) in [4.78, 5) is 4.62. The molecule has 1 heterocycles. The highest BCUT2D eigenvalue weighted by Crippen LogP contribution is 2.35. The van der Waals surface area contributed by atoms with Crippen molar-refractivity contribution in [1.29, 1.82) is 0 Å². The number of ether oxygens (including phenoxy) is 1. The maximum absolute atomic E-state index is 5.79. The Bertz CT molecular complexity index is 751. The molecule has 2 nitrogen and oxygen atoms in total. The van der Waals surface area contributed by atoms with Crippen molar-refractivity contribution in [3.8, 4) is 17.0 Å². The van der Waals surface area contributed by atoms with Crippen LogP contribution in [0.2, 0.25) is 0 Å². The molecule has 0 N–H and O–H groups in total. The van der Waals surface area contributed by atoms with Gasteiger partial charge in [-0.25, -0.2) is 0 Å². The lowest BCUT2D eigenvalue weighted by molar-refractivity contribution is 0.239. The van der Waals surface area contributed by atoms with E-state index in [1.807, 2.05) is 12.3 Å². The number of pyridine rings is 1. The van der Waals surface area contributed by atoms with Gasteiger partial charge in [0.05, 0.1) is 18.5 Å². The Morgan fingerprint density at radius 1 is 0.788 bits per heavy atom. The lowest BCUT2D eigenvalue weighted by atomic mass is 9.77. The van der Waals surface area contributed by atoms with E-state index in [0.29, 0.717) is 0 Å². The predicted molar refractivity (Wildman–Crippen MR) is 142 cm³/mol. The number of aryl methyl sites for hydroxylation is 1. The maximum atomic E-state index is 5.79. The van der Waals surface area contributed by atoms with Crippen molar-refractivity contribution in [3.63, 3.8) is 0 Å². The van der Waals surface area contributed by atoms with Gasteiger partial charge < -0.3 is 4.74 Å². The molecule has 1 saturated carbocycles. The molecule has 1 fully saturated rings. The van der Waals surface area contributed by atoms with Crippen molar-refractivity contribution in [2.24, 2.45) is 11.8 Å². The highest BCUT2D eigenvalue weighted by molar-refractivity contribution is 5.59. The summed E-state index contributed by atoms with van der Waals surface area (Å²) < 4.78 is 5.79. The molecule has 1 aromatic carbocycles. The highest BCUT2D eigenvalue weighted by Gasteiger charge is 2.21. The topological polar surface area (TPSA) is 22.1 Å². The summed E-state index contributed by atoms with van der Waals surface area (Å²) in [5.74, 6) is 2.81. The van der Waals surface area contributed by atoms with Crippen molar-refractivity contribution < 1.29 is 4.74 Å². The van der Waals surface area contributed by atoms with Crippen LogP contribution >= 0.6 is 0 Å². The number of aromatic nitrogens is 1. The van der Waals surface area contributed by atoms with E-state index in [9.17, 15) is 0 Å². The molecule has 0 spiro atoms. The van der Waals surface area contributed by atoms with Gasteiger partial charge in [0.25, 0.3) is 0 Å². The van der Waals surface area contributed by atoms with Crippen molar-refractivity contribution in [3.05, 3.63) is 48.2 Å². The molecule has 2 atom stereocenters. The number of nitrogens with zero attached hydrogens (tertiary/aromatic N) is 1. The molecule has 1 aromatic heterocycles. The van der Waals surface area contributed by atoms with Crippen LogP contribution in [-0.4, -0.2) is 11.6 Å². The van der Waals surface area contributed by atoms with Gasteiger partial charge in [0.15, 0.2) is 0 Å². The molecule has 2 aromatic rings. The van der Waals surface area contributed by atoms with E-state index in [0.717, 1.165) is 36.3 Å². The third kappa shape index (κ3) is 9.51. The third-order valence-corrected chi connectivity index (χ3v) is 7.45. The van der Waals surface area contributed by atoms with Crippen LogP contribution in [0.3, 0.4) is 0 Å². The van der Waals surface area contributed by atoms with Crippen LogP contribution in [0.1, 0.15) is 109 Å². The smallest absolute Gasteiger partial charge is 0.137 e. The first-order chi connectivity index (χ1) is 16.3. The Kier molecular flexibility index (Phi) is 11.8. The summed E-state index contributed by atoms with van der Waals surface area (Å²) >= 11 is 0. The highest BCUT2D eigenvalue weighted by atomic mass is 16.5. The second-order valence-corrected chi connectivity index (χ2v) is 10.3. The normalized spacial score (nSPS) is 18.4. The quantitative estimate of drug-likeness (QED) is 0.253. The van der Waals surface area contributed by atoms with E-state index in [1.165, 1.54) is 101 Å². The second-order valence-electron chi connectivity index (χ2n) is 10.3. The lowest BCUT2D eigenvalue weighted by Gasteiger charge is -2.29. The molecular weight excluding hydrogens is 402 g/mol. The first-order valence-electron chi connectivity index (χ1n) is 14.0. The average molecular weight is 450 g/mol. The van der Waals surface area contributed by atoms with E-state index < -0.39 is 0 Å². The number of hydrogen-bond donors (Lipinski definition) is 0. The van der Waals surface area contributed by atoms with E-state index in [4.69, 9.17) is 4.74 Å². The lowest BCUT2D eigenvalue weighted by Crippen LogP contribution is -2.16. The molecule has 3 rings (SSSR count). The van der Waals surface area contributed by atoms with Gasteiger partial charge in [0, 0.05) is 5.56 Å². The molecule has 0 saturated heterocycles. The molecule has 0 radical (unpaired) electrons. The zero-order valence-corrected chi connectivity index (χ0v) is 21.4. The fraction of sp³-hybridized carbons (Fsp3) is 0.645. The third-order valence-electron chi connectivity index (χ3n) is 7.45. The molecule has 1 aliphatic carbocycles. The van der Waals surface area contributed by atoms with Gasteiger partial charge in [-0.05, 0) is 55.2 Å². The van der Waals surface area contributed by atoms with Crippen LogP contribution in [0.15, 0.2) is 42.6 Å². The minimum atomic E-state index is 0.782. The Labute approximate surface area is 203 Å². The number of benzene rings is 1. The molecule has 0 bridgehead atoms. The van der Waals surface area contributed by atoms with Crippen molar-refractivity contribution >= 4 is 0 Å². The van der Waals surface area contributed by atoms with Gasteiger partial charge in [-0.3, -0.25) is 4.98 Å². The van der Waals surface area contributed by atoms with Crippen LogP contribution in [0.25, 0.3) is 11.3 Å². The fourth-order valence-electron chi connectivity index (χ4n) is 5.35. The van der Waals surface area contributed by atoms with Gasteiger partial charge in [-0.15, -0.1) is 0 Å². The average Bonchev–Trinajstić information content (AvgIpc) is 2.86.